The van der Waals surface area contributed by atoms with Crippen LogP contribution >= 0.6 is 0 Å². The number of hydrogen-bond acceptors (Lipinski definition) is 8. The minimum Gasteiger partial charge on any atom is -0.382 e. The lowest BCUT2D eigenvalue weighted by Crippen LogP contribution is -2.30. The van der Waals surface area contributed by atoms with Gasteiger partial charge in [-0.2, -0.15) is 0 Å². The average molecular weight is 346 g/mol. The number of anilines is 1. The van der Waals surface area contributed by atoms with E-state index in [2.05, 4.69) is 19.9 Å². The van der Waals surface area contributed by atoms with Crippen LogP contribution in [0.3, 0.4) is 0 Å². The number of imidazole rings is 1. The van der Waals surface area contributed by atoms with E-state index in [-0.39, 0.29) is 24.4 Å². The molecule has 2 aromatic heterocycles. The maximum absolute atomic E-state index is 6.19. The Kier molecular flexibility index (Phi) is 3.75. The summed E-state index contributed by atoms with van der Waals surface area (Å²) in [6.45, 7) is 7.81. The number of aliphatic imine (C=N–C) groups is 1. The van der Waals surface area contributed by atoms with Crippen molar-refractivity contribution in [2.24, 2.45) is 4.99 Å². The highest BCUT2D eigenvalue weighted by Gasteiger charge is 2.55. The maximum atomic E-state index is 6.19. The third-order valence-corrected chi connectivity index (χ3v) is 4.26. The summed E-state index contributed by atoms with van der Waals surface area (Å²) in [5.41, 5.74) is 7.03. The van der Waals surface area contributed by atoms with Gasteiger partial charge in [0.25, 0.3) is 0 Å². The molecule has 2 fully saturated rings. The Labute approximate surface area is 145 Å². The predicted molar refractivity (Wildman–Crippen MR) is 91.1 cm³/mol. The third-order valence-electron chi connectivity index (χ3n) is 4.26. The summed E-state index contributed by atoms with van der Waals surface area (Å²) in [6, 6.07) is 0.179. The summed E-state index contributed by atoms with van der Waals surface area (Å²) in [4.78, 5) is 17.0. The molecular weight excluding hydrogens is 324 g/mol. The SMILES string of the molecule is CC(C)N=CC1OC(n2cnc3c(N)ncnc32)C2OC(C)(C)OC12. The van der Waals surface area contributed by atoms with E-state index in [1.54, 1.807) is 12.5 Å². The number of ether oxygens (including phenoxy) is 3. The van der Waals surface area contributed by atoms with Gasteiger partial charge in [-0.25, -0.2) is 15.0 Å². The summed E-state index contributed by atoms with van der Waals surface area (Å²) in [7, 11) is 0. The van der Waals surface area contributed by atoms with Crippen molar-refractivity contribution in [1.82, 2.24) is 19.5 Å². The Bertz CT molecular complexity index is 817. The number of nitrogen functional groups attached to an aromatic ring is 1. The molecule has 0 aromatic carbocycles. The quantitative estimate of drug-likeness (QED) is 0.834. The molecule has 0 aliphatic carbocycles. The lowest BCUT2D eigenvalue weighted by molar-refractivity contribution is -0.188. The lowest BCUT2D eigenvalue weighted by Gasteiger charge is -2.23. The van der Waals surface area contributed by atoms with Crippen molar-refractivity contribution in [3.05, 3.63) is 12.7 Å². The minimum absolute atomic E-state index is 0.179. The van der Waals surface area contributed by atoms with Crippen molar-refractivity contribution in [1.29, 1.82) is 0 Å². The number of fused-ring (bicyclic) bond motifs is 2. The van der Waals surface area contributed by atoms with Crippen LogP contribution in [0.2, 0.25) is 0 Å². The topological polar surface area (TPSA) is 110 Å². The fourth-order valence-corrected chi connectivity index (χ4v) is 3.26. The number of nitrogens with zero attached hydrogens (tertiary/aromatic N) is 5. The molecule has 2 saturated heterocycles. The highest BCUT2D eigenvalue weighted by atomic mass is 16.8. The van der Waals surface area contributed by atoms with Crippen molar-refractivity contribution in [3.63, 3.8) is 0 Å². The van der Waals surface area contributed by atoms with E-state index in [1.807, 2.05) is 32.3 Å². The van der Waals surface area contributed by atoms with E-state index in [4.69, 9.17) is 19.9 Å². The van der Waals surface area contributed by atoms with Crippen LogP contribution in [0.1, 0.15) is 33.9 Å². The highest BCUT2D eigenvalue weighted by Crippen LogP contribution is 2.43. The molecule has 0 saturated carbocycles. The zero-order valence-corrected chi connectivity index (χ0v) is 14.7. The second-order valence-corrected chi connectivity index (χ2v) is 7.03. The molecule has 2 aliphatic heterocycles. The molecule has 9 nitrogen and oxygen atoms in total. The van der Waals surface area contributed by atoms with Crippen LogP contribution in [-0.2, 0) is 14.2 Å². The van der Waals surface area contributed by atoms with Crippen LogP contribution in [0, 0.1) is 0 Å². The molecule has 0 amide bonds. The second-order valence-electron chi connectivity index (χ2n) is 7.03. The van der Waals surface area contributed by atoms with Gasteiger partial charge >= 0.3 is 0 Å². The van der Waals surface area contributed by atoms with E-state index in [0.717, 1.165) is 0 Å². The van der Waals surface area contributed by atoms with Gasteiger partial charge in [-0.3, -0.25) is 9.56 Å². The molecular formula is C16H22N6O3. The predicted octanol–water partition coefficient (Wildman–Crippen LogP) is 1.31. The van der Waals surface area contributed by atoms with Gasteiger partial charge in [0.05, 0.1) is 6.33 Å². The molecule has 4 rings (SSSR count). The Morgan fingerprint density at radius 3 is 2.76 bits per heavy atom. The number of nitrogens with two attached hydrogens (primary N) is 1. The first-order valence-electron chi connectivity index (χ1n) is 8.33. The van der Waals surface area contributed by atoms with Gasteiger partial charge < -0.3 is 19.9 Å². The van der Waals surface area contributed by atoms with Gasteiger partial charge in [-0.05, 0) is 27.7 Å². The first kappa shape index (κ1) is 16.4. The summed E-state index contributed by atoms with van der Waals surface area (Å²) >= 11 is 0. The highest BCUT2D eigenvalue weighted by molar-refractivity contribution is 5.81. The first-order valence-corrected chi connectivity index (χ1v) is 8.33. The molecule has 4 atom stereocenters. The van der Waals surface area contributed by atoms with Crippen LogP contribution in [0.4, 0.5) is 5.82 Å². The molecule has 4 unspecified atom stereocenters. The van der Waals surface area contributed by atoms with E-state index in [1.165, 1.54) is 6.33 Å². The van der Waals surface area contributed by atoms with Crippen molar-refractivity contribution in [3.8, 4) is 0 Å². The molecule has 134 valence electrons. The molecule has 4 heterocycles. The van der Waals surface area contributed by atoms with E-state index >= 15 is 0 Å². The fourth-order valence-electron chi connectivity index (χ4n) is 3.26. The number of rotatable bonds is 3. The van der Waals surface area contributed by atoms with Crippen molar-refractivity contribution >= 4 is 23.2 Å². The Balaban J connectivity index is 1.72. The molecule has 2 aliphatic rings. The van der Waals surface area contributed by atoms with Crippen LogP contribution in [0.15, 0.2) is 17.6 Å². The molecule has 25 heavy (non-hydrogen) atoms. The smallest absolute Gasteiger partial charge is 0.167 e. The van der Waals surface area contributed by atoms with Crippen molar-refractivity contribution in [2.75, 3.05) is 5.73 Å². The lowest BCUT2D eigenvalue weighted by atomic mass is 10.1. The standard InChI is InChI=1S/C16H22N6O3/c1-8(2)18-5-9-11-12(25-16(3,4)24-11)15(23-9)22-7-21-10-13(17)19-6-20-14(10)22/h5-9,11-12,15H,1-4H3,(H2,17,19,20). The summed E-state index contributed by atoms with van der Waals surface area (Å²) in [6.07, 6.45) is 3.57. The van der Waals surface area contributed by atoms with E-state index < -0.39 is 12.0 Å². The molecule has 0 spiro atoms. The van der Waals surface area contributed by atoms with Crippen molar-refractivity contribution in [2.45, 2.75) is 64.1 Å². The second kappa shape index (κ2) is 5.72. The Morgan fingerprint density at radius 2 is 2.00 bits per heavy atom. The fraction of sp³-hybridized carbons (Fsp3) is 0.625. The molecule has 0 bridgehead atoms. The largest absolute Gasteiger partial charge is 0.382 e. The van der Waals surface area contributed by atoms with Gasteiger partial charge in [0.15, 0.2) is 23.5 Å². The third kappa shape index (κ3) is 2.78. The molecule has 2 N–H and O–H groups in total. The zero-order valence-electron chi connectivity index (χ0n) is 14.7. The van der Waals surface area contributed by atoms with Crippen molar-refractivity contribution < 1.29 is 14.2 Å². The molecule has 9 heteroatoms. The number of aromatic nitrogens is 4. The summed E-state index contributed by atoms with van der Waals surface area (Å²) in [5.74, 6) is -0.355. The number of hydrogen-bond donors (Lipinski definition) is 1. The average Bonchev–Trinajstić information content (AvgIpc) is 3.17. The summed E-state index contributed by atoms with van der Waals surface area (Å²) < 4.78 is 20.2. The van der Waals surface area contributed by atoms with Crippen LogP contribution < -0.4 is 5.73 Å². The van der Waals surface area contributed by atoms with Gasteiger partial charge in [0.2, 0.25) is 0 Å². The van der Waals surface area contributed by atoms with Gasteiger partial charge in [-0.1, -0.05) is 0 Å². The molecule has 0 radical (unpaired) electrons. The van der Waals surface area contributed by atoms with E-state index in [0.29, 0.717) is 17.0 Å². The zero-order chi connectivity index (χ0) is 17.8. The van der Waals surface area contributed by atoms with Gasteiger partial charge in [0.1, 0.15) is 30.2 Å². The van der Waals surface area contributed by atoms with Crippen LogP contribution in [-0.4, -0.2) is 55.9 Å². The minimum atomic E-state index is -0.689. The Morgan fingerprint density at radius 1 is 1.24 bits per heavy atom. The molecule has 2 aromatic rings. The van der Waals surface area contributed by atoms with Gasteiger partial charge in [0, 0.05) is 12.3 Å². The van der Waals surface area contributed by atoms with Gasteiger partial charge in [-0.15, -0.1) is 0 Å². The monoisotopic (exact) mass is 346 g/mol. The van der Waals surface area contributed by atoms with E-state index in [9.17, 15) is 0 Å². The van der Waals surface area contributed by atoms with Crippen LogP contribution in [0.25, 0.3) is 11.2 Å². The normalized spacial score (nSPS) is 31.4. The van der Waals surface area contributed by atoms with Crippen LogP contribution in [0.5, 0.6) is 0 Å². The summed E-state index contributed by atoms with van der Waals surface area (Å²) in [5, 5.41) is 0. The maximum Gasteiger partial charge on any atom is 0.167 e. The Hall–Kier alpha value is -2.10. The first-order chi connectivity index (χ1) is 11.9.